The lowest BCUT2D eigenvalue weighted by Crippen LogP contribution is -2.28. The van der Waals surface area contributed by atoms with Gasteiger partial charge in [0.1, 0.15) is 34.5 Å². The number of carbonyl (C=O) groups is 1. The van der Waals surface area contributed by atoms with Crippen LogP contribution in [0, 0.1) is 5.82 Å². The van der Waals surface area contributed by atoms with E-state index in [4.69, 9.17) is 15.5 Å². The Kier molecular flexibility index (Phi) is 5.91. The van der Waals surface area contributed by atoms with Crippen LogP contribution in [0.1, 0.15) is 34.9 Å². The van der Waals surface area contributed by atoms with Crippen molar-refractivity contribution in [2.45, 2.75) is 24.9 Å². The van der Waals surface area contributed by atoms with Crippen molar-refractivity contribution in [3.63, 3.8) is 0 Å². The molecule has 5 rings (SSSR count). The number of nitrogens with two attached hydrogens (primary N) is 1. The summed E-state index contributed by atoms with van der Waals surface area (Å²) in [5.41, 5.74) is 7.36. The monoisotopic (exact) mass is 462 g/mol. The zero-order valence-corrected chi connectivity index (χ0v) is 18.2. The van der Waals surface area contributed by atoms with E-state index in [9.17, 15) is 9.90 Å². The molecule has 0 bridgehead atoms. The molecule has 10 heteroatoms. The number of hydrogen-bond donors (Lipinski definition) is 3. The highest BCUT2D eigenvalue weighted by Crippen LogP contribution is 2.35. The summed E-state index contributed by atoms with van der Waals surface area (Å²) in [7, 11) is 0. The van der Waals surface area contributed by atoms with Gasteiger partial charge in [-0.2, -0.15) is 0 Å². The van der Waals surface area contributed by atoms with Gasteiger partial charge in [0.25, 0.3) is 5.91 Å². The molecule has 1 fully saturated rings. The van der Waals surface area contributed by atoms with Gasteiger partial charge in [-0.15, -0.1) is 0 Å². The molecular formula is C24H23FN6O3. The summed E-state index contributed by atoms with van der Waals surface area (Å²) in [4.78, 5) is 25.5. The molecule has 0 radical (unpaired) electrons. The molecule has 0 saturated carbocycles. The second-order valence-corrected chi connectivity index (χ2v) is 8.13. The Hall–Kier alpha value is -3.89. The number of imidazole rings is 1. The van der Waals surface area contributed by atoms with E-state index in [-0.39, 0.29) is 35.6 Å². The fourth-order valence-electron chi connectivity index (χ4n) is 4.19. The highest BCUT2D eigenvalue weighted by Gasteiger charge is 2.28. The minimum atomic E-state index is -0.608. The maximum atomic E-state index is 15.3. The maximum absolute atomic E-state index is 15.3. The highest BCUT2D eigenvalue weighted by molar-refractivity contribution is 6.04. The summed E-state index contributed by atoms with van der Waals surface area (Å²) in [6.45, 7) is 0.365. The van der Waals surface area contributed by atoms with Crippen LogP contribution in [0.15, 0.2) is 55.0 Å². The van der Waals surface area contributed by atoms with E-state index >= 15 is 4.39 Å². The second-order valence-electron chi connectivity index (χ2n) is 8.13. The molecule has 174 valence electrons. The van der Waals surface area contributed by atoms with Gasteiger partial charge in [-0.25, -0.2) is 19.3 Å². The Labute approximate surface area is 194 Å². The molecule has 1 aliphatic rings. The number of ether oxygens (including phenoxy) is 1. The third-order valence-corrected chi connectivity index (χ3v) is 5.94. The van der Waals surface area contributed by atoms with E-state index in [0.29, 0.717) is 35.9 Å². The number of halogens is 1. The minimum Gasteiger partial charge on any atom is -0.394 e. The topological polar surface area (TPSA) is 128 Å². The first-order valence-corrected chi connectivity index (χ1v) is 10.9. The molecule has 1 amide bonds. The van der Waals surface area contributed by atoms with Crippen molar-refractivity contribution in [3.05, 3.63) is 72.2 Å². The van der Waals surface area contributed by atoms with Crippen LogP contribution in [-0.4, -0.2) is 49.7 Å². The Balaban J connectivity index is 1.50. The van der Waals surface area contributed by atoms with Crippen molar-refractivity contribution in [2.24, 2.45) is 0 Å². The molecule has 0 aliphatic carbocycles. The first-order valence-electron chi connectivity index (χ1n) is 10.9. The van der Waals surface area contributed by atoms with Crippen molar-refractivity contribution in [2.75, 3.05) is 24.3 Å². The van der Waals surface area contributed by atoms with Gasteiger partial charge in [0.15, 0.2) is 0 Å². The number of fused-ring (bicyclic) bond motifs is 1. The fraction of sp³-hybridized carbons (Fsp3) is 0.250. The van der Waals surface area contributed by atoms with E-state index in [0.717, 1.165) is 6.42 Å². The summed E-state index contributed by atoms with van der Waals surface area (Å²) < 4.78 is 22.8. The predicted octanol–water partition coefficient (Wildman–Crippen LogP) is 3.02. The SMILES string of the molecule is Nc1nccn2c(C3CC[C@@H](CO)OC3)nc(-c3ccc(C(=O)Nc4ccccn4)cc3F)c12. The minimum absolute atomic E-state index is 0.0252. The van der Waals surface area contributed by atoms with E-state index in [1.807, 2.05) is 4.40 Å². The lowest BCUT2D eigenvalue weighted by atomic mass is 9.98. The van der Waals surface area contributed by atoms with Gasteiger partial charge >= 0.3 is 0 Å². The number of aromatic nitrogens is 4. The van der Waals surface area contributed by atoms with Crippen LogP contribution in [0.2, 0.25) is 0 Å². The van der Waals surface area contributed by atoms with Crippen molar-refractivity contribution < 1.29 is 19.0 Å². The number of pyridine rings is 1. The predicted molar refractivity (Wildman–Crippen MR) is 124 cm³/mol. The molecule has 3 aromatic heterocycles. The largest absolute Gasteiger partial charge is 0.394 e. The van der Waals surface area contributed by atoms with E-state index < -0.39 is 11.7 Å². The summed E-state index contributed by atoms with van der Waals surface area (Å²) in [5, 5.41) is 12.0. The average molecular weight is 462 g/mol. The van der Waals surface area contributed by atoms with Gasteiger partial charge in [-0.05, 0) is 43.2 Å². The Morgan fingerprint density at radius 2 is 2.12 bits per heavy atom. The number of nitrogen functional groups attached to an aromatic ring is 1. The summed E-state index contributed by atoms with van der Waals surface area (Å²) in [5.74, 6) is 0.155. The number of nitrogens with zero attached hydrogens (tertiary/aromatic N) is 4. The summed E-state index contributed by atoms with van der Waals surface area (Å²) in [6.07, 6.45) is 6.14. The second kappa shape index (κ2) is 9.16. The average Bonchev–Trinajstić information content (AvgIpc) is 3.25. The third kappa shape index (κ3) is 4.09. The maximum Gasteiger partial charge on any atom is 0.256 e. The van der Waals surface area contributed by atoms with Gasteiger partial charge in [-0.3, -0.25) is 9.20 Å². The van der Waals surface area contributed by atoms with Gasteiger partial charge in [0.2, 0.25) is 0 Å². The smallest absolute Gasteiger partial charge is 0.256 e. The van der Waals surface area contributed by atoms with E-state index in [1.165, 1.54) is 18.2 Å². The molecule has 0 spiro atoms. The van der Waals surface area contributed by atoms with Crippen LogP contribution in [-0.2, 0) is 4.74 Å². The van der Waals surface area contributed by atoms with Gasteiger partial charge < -0.3 is 20.9 Å². The number of aliphatic hydroxyl groups is 1. The summed E-state index contributed by atoms with van der Waals surface area (Å²) >= 11 is 0. The standard InChI is InChI=1S/C24H23FN6O3/c25-18-11-14(24(33)29-19-3-1-2-8-27-19)5-7-17(18)20-21-22(26)28-9-10-31(21)23(30-20)15-4-6-16(12-32)34-13-15/h1-3,5,7-11,15-16,32H,4,6,12-13H2,(H2,26,28)(H,27,29,33)/t15?,16-/m0/s1. The van der Waals surface area contributed by atoms with Crippen molar-refractivity contribution in [1.29, 1.82) is 0 Å². The Bertz CT molecular complexity index is 1340. The van der Waals surface area contributed by atoms with Crippen molar-refractivity contribution in [1.82, 2.24) is 19.4 Å². The number of carbonyl (C=O) groups excluding carboxylic acids is 1. The van der Waals surface area contributed by atoms with E-state index in [1.54, 1.807) is 36.8 Å². The zero-order valence-electron chi connectivity index (χ0n) is 18.2. The first kappa shape index (κ1) is 21.9. The van der Waals surface area contributed by atoms with Crippen LogP contribution in [0.3, 0.4) is 0 Å². The van der Waals surface area contributed by atoms with Crippen LogP contribution in [0.5, 0.6) is 0 Å². The molecule has 34 heavy (non-hydrogen) atoms. The number of benzene rings is 1. The normalized spacial score (nSPS) is 18.2. The van der Waals surface area contributed by atoms with Crippen LogP contribution < -0.4 is 11.1 Å². The molecule has 9 nitrogen and oxygen atoms in total. The van der Waals surface area contributed by atoms with Crippen LogP contribution >= 0.6 is 0 Å². The molecule has 1 aromatic carbocycles. The molecule has 1 saturated heterocycles. The molecule has 1 unspecified atom stereocenters. The van der Waals surface area contributed by atoms with Crippen LogP contribution in [0.4, 0.5) is 16.0 Å². The molecular weight excluding hydrogens is 439 g/mol. The number of anilines is 2. The molecule has 4 aromatic rings. The number of hydrogen-bond acceptors (Lipinski definition) is 7. The number of nitrogens with one attached hydrogen (secondary N) is 1. The lowest BCUT2D eigenvalue weighted by molar-refractivity contribution is -0.0282. The third-order valence-electron chi connectivity index (χ3n) is 5.94. The van der Waals surface area contributed by atoms with Crippen molar-refractivity contribution >= 4 is 23.1 Å². The van der Waals surface area contributed by atoms with E-state index in [2.05, 4.69) is 15.3 Å². The number of aliphatic hydroxyl groups excluding tert-OH is 1. The van der Waals surface area contributed by atoms with Gasteiger partial charge in [0.05, 0.1) is 19.3 Å². The molecule has 1 aliphatic heterocycles. The zero-order chi connectivity index (χ0) is 23.7. The quantitative estimate of drug-likeness (QED) is 0.416. The van der Waals surface area contributed by atoms with Crippen molar-refractivity contribution in [3.8, 4) is 11.3 Å². The molecule has 4 N–H and O–H groups in total. The fourth-order valence-corrected chi connectivity index (χ4v) is 4.19. The lowest BCUT2D eigenvalue weighted by Gasteiger charge is -2.27. The Morgan fingerprint density at radius 3 is 2.82 bits per heavy atom. The summed E-state index contributed by atoms with van der Waals surface area (Å²) in [6, 6.07) is 9.34. The van der Waals surface area contributed by atoms with Crippen LogP contribution in [0.25, 0.3) is 16.8 Å². The highest BCUT2D eigenvalue weighted by atomic mass is 19.1. The molecule has 4 heterocycles. The van der Waals surface area contributed by atoms with Gasteiger partial charge in [0, 0.05) is 35.6 Å². The Morgan fingerprint density at radius 1 is 1.24 bits per heavy atom. The number of rotatable bonds is 5. The molecule has 2 atom stereocenters. The first-order chi connectivity index (χ1) is 16.5. The van der Waals surface area contributed by atoms with Gasteiger partial charge in [-0.1, -0.05) is 6.07 Å². The number of amides is 1.